The zero-order valence-electron chi connectivity index (χ0n) is 11.3. The molecule has 0 amide bonds. The zero-order chi connectivity index (χ0) is 16.6. The van der Waals surface area contributed by atoms with Crippen LogP contribution >= 0.6 is 11.3 Å². The maximum absolute atomic E-state index is 12.7. The molecule has 0 saturated carbocycles. The number of halogens is 3. The minimum absolute atomic E-state index is 0.00259. The van der Waals surface area contributed by atoms with Gasteiger partial charge in [-0.25, -0.2) is 4.79 Å². The fourth-order valence-corrected chi connectivity index (χ4v) is 2.87. The Morgan fingerprint density at radius 1 is 1.22 bits per heavy atom. The average molecular weight is 339 g/mol. The SMILES string of the molecule is O=C(O)c1cc2c(Oc3cccc(C(F)(F)F)c3)cncc2s1. The highest BCUT2D eigenvalue weighted by Crippen LogP contribution is 2.36. The molecule has 0 fully saturated rings. The van der Waals surface area contributed by atoms with Crippen molar-refractivity contribution in [2.24, 2.45) is 0 Å². The lowest BCUT2D eigenvalue weighted by Crippen LogP contribution is -2.04. The van der Waals surface area contributed by atoms with E-state index < -0.39 is 17.7 Å². The van der Waals surface area contributed by atoms with Crippen molar-refractivity contribution in [1.29, 1.82) is 0 Å². The van der Waals surface area contributed by atoms with Gasteiger partial charge in [0.15, 0.2) is 5.75 Å². The Bertz CT molecular complexity index is 889. The highest BCUT2D eigenvalue weighted by Gasteiger charge is 2.30. The number of carboxylic acid groups (broad SMARTS) is 1. The molecule has 118 valence electrons. The summed E-state index contributed by atoms with van der Waals surface area (Å²) >= 11 is 1.02. The van der Waals surface area contributed by atoms with Gasteiger partial charge in [-0.2, -0.15) is 13.2 Å². The number of carbonyl (C=O) groups is 1. The number of pyridine rings is 1. The van der Waals surface area contributed by atoms with Crippen LogP contribution in [0.4, 0.5) is 13.2 Å². The molecule has 2 heterocycles. The summed E-state index contributed by atoms with van der Waals surface area (Å²) in [5, 5.41) is 9.50. The number of aromatic carboxylic acids is 1. The molecular formula is C15H8F3NO3S. The van der Waals surface area contributed by atoms with Crippen molar-refractivity contribution in [2.75, 3.05) is 0 Å². The number of rotatable bonds is 3. The molecule has 23 heavy (non-hydrogen) atoms. The zero-order valence-corrected chi connectivity index (χ0v) is 12.1. The van der Waals surface area contributed by atoms with Crippen molar-refractivity contribution >= 4 is 27.4 Å². The van der Waals surface area contributed by atoms with Gasteiger partial charge in [0.25, 0.3) is 0 Å². The summed E-state index contributed by atoms with van der Waals surface area (Å²) in [6, 6.07) is 5.86. The Morgan fingerprint density at radius 2 is 2.00 bits per heavy atom. The molecular weight excluding hydrogens is 331 g/mol. The van der Waals surface area contributed by atoms with Crippen molar-refractivity contribution in [3.05, 3.63) is 53.2 Å². The molecule has 3 aromatic rings. The second kappa shape index (κ2) is 5.54. The van der Waals surface area contributed by atoms with Crippen molar-refractivity contribution in [3.63, 3.8) is 0 Å². The smallest absolute Gasteiger partial charge is 0.416 e. The molecule has 0 bridgehead atoms. The maximum Gasteiger partial charge on any atom is 0.416 e. The van der Waals surface area contributed by atoms with E-state index in [0.717, 1.165) is 23.5 Å². The van der Waals surface area contributed by atoms with Crippen LogP contribution in [0.25, 0.3) is 10.1 Å². The number of alkyl halides is 3. The van der Waals surface area contributed by atoms with Gasteiger partial charge in [0, 0.05) is 11.6 Å². The van der Waals surface area contributed by atoms with Gasteiger partial charge in [-0.05, 0) is 24.3 Å². The van der Waals surface area contributed by atoms with E-state index in [2.05, 4.69) is 4.98 Å². The normalized spacial score (nSPS) is 11.6. The topological polar surface area (TPSA) is 59.4 Å². The van der Waals surface area contributed by atoms with Crippen LogP contribution in [0, 0.1) is 0 Å². The second-order valence-corrected chi connectivity index (χ2v) is 5.68. The first-order valence-electron chi connectivity index (χ1n) is 6.30. The monoisotopic (exact) mass is 339 g/mol. The molecule has 3 rings (SSSR count). The third-order valence-corrected chi connectivity index (χ3v) is 4.07. The van der Waals surface area contributed by atoms with Crippen molar-refractivity contribution in [1.82, 2.24) is 4.98 Å². The van der Waals surface area contributed by atoms with E-state index >= 15 is 0 Å². The van der Waals surface area contributed by atoms with Crippen molar-refractivity contribution in [2.45, 2.75) is 6.18 Å². The van der Waals surface area contributed by atoms with Crippen LogP contribution in [-0.2, 0) is 6.18 Å². The van der Waals surface area contributed by atoms with E-state index in [4.69, 9.17) is 9.84 Å². The van der Waals surface area contributed by atoms with Crippen molar-refractivity contribution < 1.29 is 27.8 Å². The fourth-order valence-electron chi connectivity index (χ4n) is 1.99. The third kappa shape index (κ3) is 3.11. The second-order valence-electron chi connectivity index (χ2n) is 4.59. The van der Waals surface area contributed by atoms with Gasteiger partial charge < -0.3 is 9.84 Å². The Labute approximate surface area is 131 Å². The first-order chi connectivity index (χ1) is 10.8. The largest absolute Gasteiger partial charge is 0.477 e. The molecule has 0 aliphatic carbocycles. The van der Waals surface area contributed by atoms with Crippen LogP contribution in [0.15, 0.2) is 42.7 Å². The van der Waals surface area contributed by atoms with Gasteiger partial charge in [0.2, 0.25) is 0 Å². The van der Waals surface area contributed by atoms with E-state index in [0.29, 0.717) is 10.1 Å². The van der Waals surface area contributed by atoms with E-state index in [-0.39, 0.29) is 16.4 Å². The van der Waals surface area contributed by atoms with Crippen LogP contribution < -0.4 is 4.74 Å². The summed E-state index contributed by atoms with van der Waals surface area (Å²) < 4.78 is 44.2. The number of hydrogen-bond donors (Lipinski definition) is 1. The minimum Gasteiger partial charge on any atom is -0.477 e. The lowest BCUT2D eigenvalue weighted by Gasteiger charge is -2.10. The summed E-state index contributed by atoms with van der Waals surface area (Å²) in [6.07, 6.45) is -1.66. The predicted octanol–water partition coefficient (Wildman–Crippen LogP) is 4.81. The van der Waals surface area contributed by atoms with Gasteiger partial charge >= 0.3 is 12.1 Å². The number of hydrogen-bond acceptors (Lipinski definition) is 4. The molecule has 0 saturated heterocycles. The molecule has 0 aliphatic rings. The fraction of sp³-hybridized carbons (Fsp3) is 0.0667. The van der Waals surface area contributed by atoms with Gasteiger partial charge in [-0.1, -0.05) is 6.07 Å². The summed E-state index contributed by atoms with van der Waals surface area (Å²) in [5.74, 6) is -0.890. The summed E-state index contributed by atoms with van der Waals surface area (Å²) in [7, 11) is 0. The molecule has 0 radical (unpaired) electrons. The number of nitrogens with zero attached hydrogens (tertiary/aromatic N) is 1. The first kappa shape index (κ1) is 15.3. The Hall–Kier alpha value is -2.61. The van der Waals surface area contributed by atoms with Crippen LogP contribution in [0.1, 0.15) is 15.2 Å². The van der Waals surface area contributed by atoms with Crippen LogP contribution in [0.5, 0.6) is 11.5 Å². The number of fused-ring (bicyclic) bond motifs is 1. The Balaban J connectivity index is 2.00. The lowest BCUT2D eigenvalue weighted by atomic mass is 10.2. The number of benzene rings is 1. The van der Waals surface area contributed by atoms with Gasteiger partial charge in [0.1, 0.15) is 10.6 Å². The summed E-state index contributed by atoms with van der Waals surface area (Å²) in [6.45, 7) is 0. The minimum atomic E-state index is -4.47. The van der Waals surface area contributed by atoms with Gasteiger partial charge in [-0.3, -0.25) is 4.98 Å². The quantitative estimate of drug-likeness (QED) is 0.744. The molecule has 1 N–H and O–H groups in total. The molecule has 0 spiro atoms. The van der Waals surface area contributed by atoms with Crippen LogP contribution in [0.2, 0.25) is 0 Å². The lowest BCUT2D eigenvalue weighted by molar-refractivity contribution is -0.137. The number of carboxylic acids is 1. The van der Waals surface area contributed by atoms with Crippen molar-refractivity contribution in [3.8, 4) is 11.5 Å². The van der Waals surface area contributed by atoms with Gasteiger partial charge in [-0.15, -0.1) is 11.3 Å². The Kier molecular flexibility index (Phi) is 3.69. The van der Waals surface area contributed by atoms with Gasteiger partial charge in [0.05, 0.1) is 16.5 Å². The van der Waals surface area contributed by atoms with Crippen LogP contribution in [-0.4, -0.2) is 16.1 Å². The number of aromatic nitrogens is 1. The average Bonchev–Trinajstić information content (AvgIpc) is 2.92. The third-order valence-electron chi connectivity index (χ3n) is 3.01. The molecule has 0 atom stereocenters. The molecule has 8 heteroatoms. The summed E-state index contributed by atoms with van der Waals surface area (Å²) in [4.78, 5) is 15.0. The van der Waals surface area contributed by atoms with E-state index in [1.54, 1.807) is 0 Å². The van der Waals surface area contributed by atoms with Crippen LogP contribution in [0.3, 0.4) is 0 Å². The maximum atomic E-state index is 12.7. The Morgan fingerprint density at radius 3 is 2.70 bits per heavy atom. The predicted molar refractivity (Wildman–Crippen MR) is 78.1 cm³/mol. The number of thiophene rings is 1. The highest BCUT2D eigenvalue weighted by molar-refractivity contribution is 7.20. The standard InChI is InChI=1S/C15H8F3NO3S/c16-15(17,18)8-2-1-3-9(4-8)22-11-6-19-7-13-10(11)5-12(23-13)14(20)21/h1-7H,(H,20,21). The highest BCUT2D eigenvalue weighted by atomic mass is 32.1. The molecule has 2 aromatic heterocycles. The molecule has 4 nitrogen and oxygen atoms in total. The molecule has 0 aliphatic heterocycles. The van der Waals surface area contributed by atoms with E-state index in [1.165, 1.54) is 30.6 Å². The van der Waals surface area contributed by atoms with E-state index in [9.17, 15) is 18.0 Å². The molecule has 0 unspecified atom stereocenters. The summed E-state index contributed by atoms with van der Waals surface area (Å²) in [5.41, 5.74) is -0.827. The molecule has 1 aromatic carbocycles. The number of ether oxygens (including phenoxy) is 1. The first-order valence-corrected chi connectivity index (χ1v) is 7.12. The van der Waals surface area contributed by atoms with E-state index in [1.807, 2.05) is 0 Å².